The number of methoxy groups -OCH3 is 2. The summed E-state index contributed by atoms with van der Waals surface area (Å²) >= 11 is 0. The maximum Gasteiger partial charge on any atom is 0.194 e. The summed E-state index contributed by atoms with van der Waals surface area (Å²) < 4.78 is 16.0. The van der Waals surface area contributed by atoms with Crippen molar-refractivity contribution in [3.63, 3.8) is 0 Å². The molecule has 0 fully saturated rings. The van der Waals surface area contributed by atoms with Crippen LogP contribution in [-0.2, 0) is 19.4 Å². The normalized spacial score (nSPS) is 11.0. The van der Waals surface area contributed by atoms with Crippen LogP contribution in [0, 0.1) is 0 Å². The second-order valence-corrected chi connectivity index (χ2v) is 6.17. The van der Waals surface area contributed by atoms with Crippen LogP contribution in [0.3, 0.4) is 0 Å². The molecule has 0 radical (unpaired) electrons. The van der Waals surface area contributed by atoms with E-state index in [2.05, 4.69) is 40.3 Å². The quantitative estimate of drug-likeness (QED) is 0.322. The molecule has 0 bridgehead atoms. The molecule has 0 amide bonds. The Hall–Kier alpha value is -1.97. The van der Waals surface area contributed by atoms with Gasteiger partial charge in [0, 0.05) is 26.2 Å². The highest BCUT2D eigenvalue weighted by molar-refractivity contribution is 14.0. The Kier molecular flexibility index (Phi) is 10.7. The van der Waals surface area contributed by atoms with Crippen molar-refractivity contribution >= 4 is 29.9 Å². The highest BCUT2D eigenvalue weighted by Crippen LogP contribution is 2.27. The van der Waals surface area contributed by atoms with Gasteiger partial charge in [-0.2, -0.15) is 0 Å². The molecule has 1 aromatic heterocycles. The second kappa shape index (κ2) is 12.5. The number of hydrogen-bond acceptors (Lipinski definition) is 5. The van der Waals surface area contributed by atoms with Crippen molar-refractivity contribution in [2.45, 2.75) is 33.2 Å². The number of rotatable bonds is 9. The van der Waals surface area contributed by atoms with E-state index in [-0.39, 0.29) is 24.0 Å². The standard InChI is InChI=1S/C20H30N4O3.HI/c1-6-16-13-17(27-23-16)14-22-20(21-7-2)24(3)11-10-15-8-9-18(25-4)19(12-15)26-5;/h8-9,12-13H,6-7,10-11,14H2,1-5H3,(H,21,22);1H. The lowest BCUT2D eigenvalue weighted by atomic mass is 10.1. The van der Waals surface area contributed by atoms with Crippen LogP contribution < -0.4 is 14.8 Å². The van der Waals surface area contributed by atoms with E-state index in [1.165, 1.54) is 5.56 Å². The lowest BCUT2D eigenvalue weighted by Crippen LogP contribution is -2.39. The zero-order chi connectivity index (χ0) is 19.6. The number of nitrogens with zero attached hydrogens (tertiary/aromatic N) is 3. The molecule has 2 rings (SSSR count). The summed E-state index contributed by atoms with van der Waals surface area (Å²) in [6.45, 7) is 6.20. The van der Waals surface area contributed by atoms with Crippen LogP contribution in [0.25, 0.3) is 0 Å². The van der Waals surface area contributed by atoms with E-state index in [0.29, 0.717) is 6.54 Å². The van der Waals surface area contributed by atoms with Gasteiger partial charge in [0.05, 0.1) is 19.9 Å². The first-order valence-corrected chi connectivity index (χ1v) is 9.26. The lowest BCUT2D eigenvalue weighted by molar-refractivity contribution is 0.354. The summed E-state index contributed by atoms with van der Waals surface area (Å²) in [6, 6.07) is 7.96. The van der Waals surface area contributed by atoms with Crippen molar-refractivity contribution in [3.05, 3.63) is 41.3 Å². The number of likely N-dealkylation sites (N-methyl/N-ethyl adjacent to an activating group) is 1. The monoisotopic (exact) mass is 502 g/mol. The highest BCUT2D eigenvalue weighted by Gasteiger charge is 2.09. The maximum atomic E-state index is 5.38. The zero-order valence-corrected chi connectivity index (χ0v) is 19.6. The number of halogens is 1. The zero-order valence-electron chi connectivity index (χ0n) is 17.3. The second-order valence-electron chi connectivity index (χ2n) is 6.17. The molecule has 0 aliphatic rings. The number of hydrogen-bond donors (Lipinski definition) is 1. The molecule has 0 saturated carbocycles. The minimum atomic E-state index is 0. The average Bonchev–Trinajstić information content (AvgIpc) is 3.17. The van der Waals surface area contributed by atoms with Gasteiger partial charge >= 0.3 is 0 Å². The number of aromatic nitrogens is 1. The van der Waals surface area contributed by atoms with Crippen LogP contribution in [0.5, 0.6) is 11.5 Å². The summed E-state index contributed by atoms with van der Waals surface area (Å²) in [5, 5.41) is 7.33. The third-order valence-corrected chi connectivity index (χ3v) is 4.23. The molecule has 7 nitrogen and oxygen atoms in total. The van der Waals surface area contributed by atoms with Gasteiger partial charge in [0.15, 0.2) is 23.2 Å². The van der Waals surface area contributed by atoms with E-state index in [0.717, 1.165) is 54.8 Å². The first-order valence-electron chi connectivity index (χ1n) is 9.26. The topological polar surface area (TPSA) is 72.1 Å². The van der Waals surface area contributed by atoms with Crippen molar-refractivity contribution in [2.75, 3.05) is 34.4 Å². The molecule has 8 heteroatoms. The van der Waals surface area contributed by atoms with Gasteiger partial charge in [-0.3, -0.25) is 0 Å². The van der Waals surface area contributed by atoms with Crippen LogP contribution in [0.2, 0.25) is 0 Å². The van der Waals surface area contributed by atoms with E-state index >= 15 is 0 Å². The van der Waals surface area contributed by atoms with Gasteiger partial charge in [0.1, 0.15) is 6.54 Å². The minimum Gasteiger partial charge on any atom is -0.493 e. The Morgan fingerprint density at radius 2 is 1.93 bits per heavy atom. The fourth-order valence-corrected chi connectivity index (χ4v) is 2.66. The highest BCUT2D eigenvalue weighted by atomic mass is 127. The van der Waals surface area contributed by atoms with Crippen molar-refractivity contribution in [1.29, 1.82) is 0 Å². The SMILES string of the molecule is CCNC(=NCc1cc(CC)no1)N(C)CCc1ccc(OC)c(OC)c1.I. The fourth-order valence-electron chi connectivity index (χ4n) is 2.66. The van der Waals surface area contributed by atoms with Gasteiger partial charge in [-0.1, -0.05) is 18.1 Å². The molecule has 1 N–H and O–H groups in total. The van der Waals surface area contributed by atoms with Crippen LogP contribution in [-0.4, -0.2) is 50.4 Å². The van der Waals surface area contributed by atoms with Gasteiger partial charge in [-0.15, -0.1) is 24.0 Å². The molecule has 0 atom stereocenters. The van der Waals surface area contributed by atoms with Gasteiger partial charge in [-0.25, -0.2) is 4.99 Å². The molecule has 156 valence electrons. The summed E-state index contributed by atoms with van der Waals surface area (Å²) in [4.78, 5) is 6.77. The van der Waals surface area contributed by atoms with E-state index in [4.69, 9.17) is 14.0 Å². The first kappa shape index (κ1) is 24.1. The average molecular weight is 502 g/mol. The minimum absolute atomic E-state index is 0. The molecular weight excluding hydrogens is 471 g/mol. The molecular formula is C20H31IN4O3. The molecule has 1 heterocycles. The molecule has 0 saturated heterocycles. The van der Waals surface area contributed by atoms with E-state index < -0.39 is 0 Å². The van der Waals surface area contributed by atoms with Crippen molar-refractivity contribution in [3.8, 4) is 11.5 Å². The first-order chi connectivity index (χ1) is 13.1. The number of guanidine groups is 1. The lowest BCUT2D eigenvalue weighted by Gasteiger charge is -2.22. The number of ether oxygens (including phenoxy) is 2. The van der Waals surface area contributed by atoms with Crippen LogP contribution in [0.1, 0.15) is 30.9 Å². The molecule has 1 aromatic carbocycles. The fraction of sp³-hybridized carbons (Fsp3) is 0.500. The molecule has 2 aromatic rings. The van der Waals surface area contributed by atoms with Crippen molar-refractivity contribution in [1.82, 2.24) is 15.4 Å². The summed E-state index contributed by atoms with van der Waals surface area (Å²) in [6.07, 6.45) is 1.72. The van der Waals surface area contributed by atoms with Gasteiger partial charge in [-0.05, 0) is 37.5 Å². The molecule has 0 unspecified atom stereocenters. The number of benzene rings is 1. The predicted octanol–water partition coefficient (Wildman–Crippen LogP) is 3.51. The number of nitrogens with one attached hydrogen (secondary N) is 1. The van der Waals surface area contributed by atoms with Gasteiger partial charge < -0.3 is 24.2 Å². The van der Waals surface area contributed by atoms with Crippen LogP contribution in [0.15, 0.2) is 33.8 Å². The summed E-state index contributed by atoms with van der Waals surface area (Å²) in [5.41, 5.74) is 2.13. The van der Waals surface area contributed by atoms with E-state index in [9.17, 15) is 0 Å². The van der Waals surface area contributed by atoms with Crippen LogP contribution in [0.4, 0.5) is 0 Å². The Bertz CT molecular complexity index is 749. The molecule has 0 spiro atoms. The molecule has 0 aliphatic carbocycles. The van der Waals surface area contributed by atoms with Gasteiger partial charge in [0.2, 0.25) is 0 Å². The largest absolute Gasteiger partial charge is 0.493 e. The van der Waals surface area contributed by atoms with Gasteiger partial charge in [0.25, 0.3) is 0 Å². The number of aryl methyl sites for hydroxylation is 1. The molecule has 28 heavy (non-hydrogen) atoms. The number of aliphatic imine (C=N–C) groups is 1. The third-order valence-electron chi connectivity index (χ3n) is 4.23. The smallest absolute Gasteiger partial charge is 0.194 e. The Morgan fingerprint density at radius 3 is 2.54 bits per heavy atom. The Balaban J connectivity index is 0.00000392. The van der Waals surface area contributed by atoms with Crippen molar-refractivity contribution < 1.29 is 14.0 Å². The Labute approximate surface area is 184 Å². The van der Waals surface area contributed by atoms with E-state index in [1.54, 1.807) is 14.2 Å². The molecule has 0 aliphatic heterocycles. The summed E-state index contributed by atoms with van der Waals surface area (Å²) in [5.74, 6) is 3.10. The third kappa shape index (κ3) is 6.88. The van der Waals surface area contributed by atoms with Crippen molar-refractivity contribution in [2.24, 2.45) is 4.99 Å². The van der Waals surface area contributed by atoms with E-state index in [1.807, 2.05) is 25.2 Å². The summed E-state index contributed by atoms with van der Waals surface area (Å²) in [7, 11) is 5.32. The van der Waals surface area contributed by atoms with Crippen LogP contribution >= 0.6 is 24.0 Å². The maximum absolute atomic E-state index is 5.38. The predicted molar refractivity (Wildman–Crippen MR) is 122 cm³/mol. The Morgan fingerprint density at radius 1 is 1.18 bits per heavy atom.